The van der Waals surface area contributed by atoms with Crippen molar-refractivity contribution in [3.05, 3.63) is 57.8 Å². The number of benzene rings is 1. The van der Waals surface area contributed by atoms with E-state index in [-0.39, 0.29) is 22.0 Å². The predicted molar refractivity (Wildman–Crippen MR) is 101 cm³/mol. The lowest BCUT2D eigenvalue weighted by Crippen LogP contribution is -2.52. The molecule has 1 amide bonds. The van der Waals surface area contributed by atoms with Crippen LogP contribution in [0, 0.1) is 12.7 Å². The summed E-state index contributed by atoms with van der Waals surface area (Å²) in [6, 6.07) is 7.17. The lowest BCUT2D eigenvalue weighted by atomic mass is 10.1. The van der Waals surface area contributed by atoms with Crippen LogP contribution >= 0.6 is 12.2 Å². The van der Waals surface area contributed by atoms with E-state index in [1.54, 1.807) is 13.0 Å². The minimum absolute atomic E-state index is 0.136. The SMILES string of the molecule is Cc1cc(=O)c(C(=O)NNC(=S)NC(C)(C)C)nn1-c1ccccc1F. The normalized spacial score (nSPS) is 11.0. The first kappa shape index (κ1) is 19.5. The average molecular weight is 377 g/mol. The highest BCUT2D eigenvalue weighted by molar-refractivity contribution is 7.80. The summed E-state index contributed by atoms with van der Waals surface area (Å²) >= 11 is 5.05. The van der Waals surface area contributed by atoms with E-state index in [4.69, 9.17) is 12.2 Å². The van der Waals surface area contributed by atoms with Gasteiger partial charge in [-0.2, -0.15) is 5.10 Å². The molecule has 26 heavy (non-hydrogen) atoms. The van der Waals surface area contributed by atoms with Gasteiger partial charge in [-0.15, -0.1) is 0 Å². The first-order valence-electron chi connectivity index (χ1n) is 7.83. The van der Waals surface area contributed by atoms with E-state index in [0.717, 1.165) is 0 Å². The molecule has 0 aliphatic heterocycles. The Morgan fingerprint density at radius 2 is 1.88 bits per heavy atom. The molecule has 0 aliphatic carbocycles. The Balaban J connectivity index is 2.26. The number of hydrogen-bond donors (Lipinski definition) is 3. The van der Waals surface area contributed by atoms with Crippen molar-refractivity contribution in [3.63, 3.8) is 0 Å². The lowest BCUT2D eigenvalue weighted by Gasteiger charge is -2.23. The molecular formula is C17H20FN5O2S. The fourth-order valence-corrected chi connectivity index (χ4v) is 2.47. The molecule has 0 radical (unpaired) electrons. The Morgan fingerprint density at radius 1 is 1.23 bits per heavy atom. The third-order valence-corrected chi connectivity index (χ3v) is 3.39. The number of hydrazine groups is 1. The molecular weight excluding hydrogens is 357 g/mol. The van der Waals surface area contributed by atoms with Crippen LogP contribution < -0.4 is 21.6 Å². The number of carbonyl (C=O) groups excluding carboxylic acids is 1. The van der Waals surface area contributed by atoms with Crippen molar-refractivity contribution in [2.24, 2.45) is 0 Å². The monoisotopic (exact) mass is 377 g/mol. The number of para-hydroxylation sites is 1. The highest BCUT2D eigenvalue weighted by Crippen LogP contribution is 2.12. The molecule has 3 N–H and O–H groups in total. The molecule has 138 valence electrons. The van der Waals surface area contributed by atoms with Gasteiger partial charge in [0.2, 0.25) is 5.43 Å². The Hall–Kier alpha value is -2.81. The number of hydrogen-bond acceptors (Lipinski definition) is 4. The van der Waals surface area contributed by atoms with Gasteiger partial charge in [0.1, 0.15) is 11.5 Å². The molecule has 2 rings (SSSR count). The maximum Gasteiger partial charge on any atom is 0.294 e. The Bertz CT molecular complexity index is 905. The molecule has 0 atom stereocenters. The third kappa shape index (κ3) is 4.85. The molecule has 0 unspecified atom stereocenters. The van der Waals surface area contributed by atoms with Crippen LogP contribution in [0.5, 0.6) is 0 Å². The largest absolute Gasteiger partial charge is 0.357 e. The van der Waals surface area contributed by atoms with Gasteiger partial charge >= 0.3 is 0 Å². The molecule has 2 aromatic rings. The quantitative estimate of drug-likeness (QED) is 0.544. The van der Waals surface area contributed by atoms with E-state index in [1.165, 1.54) is 28.9 Å². The van der Waals surface area contributed by atoms with E-state index in [1.807, 2.05) is 20.8 Å². The van der Waals surface area contributed by atoms with Crippen LogP contribution in [-0.2, 0) is 0 Å². The van der Waals surface area contributed by atoms with Crippen molar-refractivity contribution in [1.29, 1.82) is 0 Å². The second kappa shape index (κ2) is 7.61. The van der Waals surface area contributed by atoms with Gasteiger partial charge in [0.05, 0.1) is 0 Å². The number of rotatable bonds is 2. The number of aryl methyl sites for hydroxylation is 1. The van der Waals surface area contributed by atoms with Crippen molar-refractivity contribution in [3.8, 4) is 5.69 Å². The van der Waals surface area contributed by atoms with E-state index in [9.17, 15) is 14.0 Å². The summed E-state index contributed by atoms with van der Waals surface area (Å²) < 4.78 is 15.2. The van der Waals surface area contributed by atoms with E-state index in [2.05, 4.69) is 21.3 Å². The molecule has 0 fully saturated rings. The lowest BCUT2D eigenvalue weighted by molar-refractivity contribution is 0.0935. The Labute approximate surface area is 155 Å². The summed E-state index contributed by atoms with van der Waals surface area (Å²) in [6.07, 6.45) is 0. The molecule has 9 heteroatoms. The number of amides is 1. The number of nitrogens with zero attached hydrogens (tertiary/aromatic N) is 2. The smallest absolute Gasteiger partial charge is 0.294 e. The topological polar surface area (TPSA) is 88.1 Å². The van der Waals surface area contributed by atoms with Crippen molar-refractivity contribution in [1.82, 2.24) is 25.9 Å². The van der Waals surface area contributed by atoms with Crippen LogP contribution in [0.4, 0.5) is 4.39 Å². The predicted octanol–water partition coefficient (Wildman–Crippen LogP) is 1.59. The van der Waals surface area contributed by atoms with Crippen LogP contribution in [0.2, 0.25) is 0 Å². The maximum absolute atomic E-state index is 14.0. The van der Waals surface area contributed by atoms with Gasteiger partial charge in [0, 0.05) is 17.3 Å². The third-order valence-electron chi connectivity index (χ3n) is 3.18. The second-order valence-electron chi connectivity index (χ2n) is 6.65. The summed E-state index contributed by atoms with van der Waals surface area (Å²) in [5, 5.41) is 7.14. The van der Waals surface area contributed by atoms with Crippen molar-refractivity contribution < 1.29 is 9.18 Å². The number of aromatic nitrogens is 2. The number of thiocarbonyl (C=S) groups is 1. The van der Waals surface area contributed by atoms with Gasteiger partial charge in [-0.1, -0.05) is 12.1 Å². The first-order chi connectivity index (χ1) is 12.1. The van der Waals surface area contributed by atoms with Crippen LogP contribution in [0.3, 0.4) is 0 Å². The highest BCUT2D eigenvalue weighted by Gasteiger charge is 2.17. The average Bonchev–Trinajstić information content (AvgIpc) is 2.52. The number of carbonyl (C=O) groups is 1. The summed E-state index contributed by atoms with van der Waals surface area (Å²) in [5.41, 5.74) is 4.09. The molecule has 1 aromatic carbocycles. The fourth-order valence-electron chi connectivity index (χ4n) is 2.12. The summed E-state index contributed by atoms with van der Waals surface area (Å²) in [7, 11) is 0. The molecule has 0 aliphatic rings. The first-order valence-corrected chi connectivity index (χ1v) is 8.24. The molecule has 0 saturated carbocycles. The minimum Gasteiger partial charge on any atom is -0.357 e. The summed E-state index contributed by atoms with van der Waals surface area (Å²) in [5.74, 6) is -1.30. The van der Waals surface area contributed by atoms with E-state index >= 15 is 0 Å². The van der Waals surface area contributed by atoms with Crippen molar-refractivity contribution >= 4 is 23.2 Å². The molecule has 7 nitrogen and oxygen atoms in total. The Kier molecular flexibility index (Phi) is 5.71. The van der Waals surface area contributed by atoms with Gasteiger partial charge in [0.15, 0.2) is 10.8 Å². The van der Waals surface area contributed by atoms with Crippen LogP contribution in [0.25, 0.3) is 5.69 Å². The standard InChI is InChI=1S/C17H20FN5O2S/c1-10-9-13(24)14(15(25)20-21-16(26)19-17(2,3)4)22-23(10)12-8-6-5-7-11(12)18/h5-9H,1-4H3,(H,20,25)(H2,19,21,26). The molecule has 0 saturated heterocycles. The molecule has 0 bridgehead atoms. The van der Waals surface area contributed by atoms with Crippen LogP contribution in [0.15, 0.2) is 35.1 Å². The van der Waals surface area contributed by atoms with Gasteiger partial charge < -0.3 is 5.32 Å². The van der Waals surface area contributed by atoms with Crippen LogP contribution in [-0.4, -0.2) is 26.3 Å². The van der Waals surface area contributed by atoms with E-state index < -0.39 is 17.2 Å². The van der Waals surface area contributed by atoms with Gasteiger partial charge in [-0.25, -0.2) is 9.07 Å². The van der Waals surface area contributed by atoms with Gasteiger partial charge in [-0.05, 0) is 52.0 Å². The number of nitrogens with one attached hydrogen (secondary N) is 3. The summed E-state index contributed by atoms with van der Waals surface area (Å²) in [6.45, 7) is 7.30. The van der Waals surface area contributed by atoms with E-state index in [0.29, 0.717) is 5.69 Å². The Morgan fingerprint density at radius 3 is 2.50 bits per heavy atom. The van der Waals surface area contributed by atoms with Crippen molar-refractivity contribution in [2.75, 3.05) is 0 Å². The second-order valence-corrected chi connectivity index (χ2v) is 7.05. The molecule has 1 heterocycles. The highest BCUT2D eigenvalue weighted by atomic mass is 32.1. The molecule has 1 aromatic heterocycles. The minimum atomic E-state index is -0.779. The number of halogens is 1. The summed E-state index contributed by atoms with van der Waals surface area (Å²) in [4.78, 5) is 24.4. The zero-order valence-corrected chi connectivity index (χ0v) is 15.7. The fraction of sp³-hybridized carbons (Fsp3) is 0.294. The van der Waals surface area contributed by atoms with Crippen LogP contribution in [0.1, 0.15) is 37.0 Å². The maximum atomic E-state index is 14.0. The van der Waals surface area contributed by atoms with Gasteiger partial charge in [0.25, 0.3) is 5.91 Å². The van der Waals surface area contributed by atoms with Gasteiger partial charge in [-0.3, -0.25) is 20.4 Å². The van der Waals surface area contributed by atoms with Crippen molar-refractivity contribution in [2.45, 2.75) is 33.2 Å². The molecule has 0 spiro atoms. The zero-order valence-electron chi connectivity index (χ0n) is 14.9. The zero-order chi connectivity index (χ0) is 19.5.